The predicted molar refractivity (Wildman–Crippen MR) is 202 cm³/mol. The van der Waals surface area contributed by atoms with E-state index in [0.717, 1.165) is 55.9 Å². The Labute approximate surface area is 345 Å². The third-order valence-corrected chi connectivity index (χ3v) is 9.16. The van der Waals surface area contributed by atoms with Gasteiger partial charge in [-0.3, -0.25) is 24.7 Å². The van der Waals surface area contributed by atoms with E-state index in [1.807, 2.05) is 31.2 Å². The van der Waals surface area contributed by atoms with Crippen LogP contribution in [-0.4, -0.2) is 56.1 Å². The van der Waals surface area contributed by atoms with Gasteiger partial charge in [-0.1, -0.05) is 48.5 Å². The molecule has 0 spiro atoms. The number of anilines is 1. The van der Waals surface area contributed by atoms with Gasteiger partial charge in [-0.05, 0) is 44.2 Å². The van der Waals surface area contributed by atoms with Crippen LogP contribution in [0, 0.1) is 11.6 Å². The van der Waals surface area contributed by atoms with E-state index in [1.165, 1.54) is 4.57 Å². The SMILES string of the molecule is CCn1cc(C(=O)[O-])c(=O)c2cc(F)c(N3CCNC(C)C3)c(F)c21.[Cl-].[Cl-].[Ru+3].c1cnc2c(c1)ccc1cccnc12.c1cnc2c(c1)ccc1cccnc12. The van der Waals surface area contributed by atoms with Crippen LogP contribution in [-0.2, 0) is 26.0 Å². The first-order chi connectivity index (χ1) is 25.7. The topological polar surface area (TPSA) is 129 Å². The maximum atomic E-state index is 15.2. The van der Waals surface area contributed by atoms with Crippen LogP contribution in [0.2, 0.25) is 0 Å². The van der Waals surface area contributed by atoms with Gasteiger partial charge in [-0.15, -0.1) is 0 Å². The number of nitrogens with one attached hydrogen (secondary N) is 1. The first kappa shape index (κ1) is 43.5. The van der Waals surface area contributed by atoms with Crippen LogP contribution in [0.25, 0.3) is 54.5 Å². The molecule has 287 valence electrons. The number of pyridine rings is 5. The summed E-state index contributed by atoms with van der Waals surface area (Å²) in [6, 6.07) is 25.3. The number of hydrogen-bond donors (Lipinski definition) is 1. The summed E-state index contributed by atoms with van der Waals surface area (Å²) in [5.41, 5.74) is 2.06. The molecule has 1 radical (unpaired) electrons. The number of hydrogen-bond acceptors (Lipinski definition) is 9. The third kappa shape index (κ3) is 8.76. The Kier molecular flexibility index (Phi) is 14.8. The summed E-state index contributed by atoms with van der Waals surface area (Å²) in [5.74, 6) is -3.41. The van der Waals surface area contributed by atoms with Crippen LogP contribution in [0.4, 0.5) is 14.5 Å². The fourth-order valence-corrected chi connectivity index (χ4v) is 6.66. The Balaban J connectivity index is 0.000000193. The molecule has 0 amide bonds. The average molecular weight is 883 g/mol. The zero-order valence-corrected chi connectivity index (χ0v) is 33.3. The van der Waals surface area contributed by atoms with E-state index in [0.29, 0.717) is 19.6 Å². The number of nitrogens with zero attached hydrogens (tertiary/aromatic N) is 6. The number of carboxylic acids is 1. The summed E-state index contributed by atoms with van der Waals surface area (Å²) >= 11 is 0. The number of rotatable bonds is 3. The van der Waals surface area contributed by atoms with Crippen molar-refractivity contribution in [3.63, 3.8) is 0 Å². The standard InChI is InChI=1S/C17H19F2N3O3.2C12H8N2.2ClH.Ru/c1-3-21-8-11(17(24)25)16(23)10-6-12(18)15(13(19)14(10)21)22-5-4-20-9(2)7-22;2*1-3-9-5-6-10-4-2-8-14-12(10)11(9)13-7-1;;;/h6,8-9,20H,3-5,7H2,1-2H3,(H,24,25);2*1-8H;2*1H;/q;;;;;+3/p-3. The van der Waals surface area contributed by atoms with Crippen molar-refractivity contribution in [3.8, 4) is 0 Å². The van der Waals surface area contributed by atoms with E-state index in [2.05, 4.69) is 73.8 Å². The van der Waals surface area contributed by atoms with Gasteiger partial charge < -0.3 is 49.5 Å². The molecule has 1 aliphatic heterocycles. The number of piperazine rings is 1. The summed E-state index contributed by atoms with van der Waals surface area (Å²) in [6.45, 7) is 5.25. The van der Waals surface area contributed by atoms with Crippen LogP contribution in [0.1, 0.15) is 24.2 Å². The number of aromatic carboxylic acids is 1. The first-order valence-electron chi connectivity index (χ1n) is 17.2. The van der Waals surface area contributed by atoms with E-state index in [1.54, 1.807) is 36.6 Å². The van der Waals surface area contributed by atoms with Crippen molar-refractivity contribution >= 4 is 66.2 Å². The van der Waals surface area contributed by atoms with Crippen molar-refractivity contribution in [2.45, 2.75) is 26.4 Å². The van der Waals surface area contributed by atoms with Crippen molar-refractivity contribution < 1.29 is 63.0 Å². The van der Waals surface area contributed by atoms with Crippen molar-refractivity contribution in [3.05, 3.63) is 137 Å². The largest absolute Gasteiger partial charge is 3.00 e. The van der Waals surface area contributed by atoms with Gasteiger partial charge in [0.25, 0.3) is 0 Å². The molecule has 10 nitrogen and oxygen atoms in total. The molecule has 0 saturated carbocycles. The van der Waals surface area contributed by atoms with Crippen LogP contribution in [0.3, 0.4) is 0 Å². The van der Waals surface area contributed by atoms with Crippen molar-refractivity contribution in [2.75, 3.05) is 24.5 Å². The molecule has 15 heteroatoms. The number of carbonyl (C=O) groups is 1. The summed E-state index contributed by atoms with van der Waals surface area (Å²) < 4.78 is 31.1. The van der Waals surface area contributed by atoms with Gasteiger partial charge in [-0.25, -0.2) is 8.78 Å². The van der Waals surface area contributed by atoms with Gasteiger partial charge in [0, 0.05) is 84.7 Å². The molecule has 3 aromatic carbocycles. The average Bonchev–Trinajstić information content (AvgIpc) is 3.18. The van der Waals surface area contributed by atoms with Gasteiger partial charge in [0.2, 0.25) is 0 Å². The number of carbonyl (C=O) groups excluding carboxylic acids is 1. The second-order valence-electron chi connectivity index (χ2n) is 12.6. The minimum absolute atomic E-state index is 0. The van der Waals surface area contributed by atoms with Gasteiger partial charge in [0.05, 0.1) is 44.5 Å². The molecule has 1 saturated heterocycles. The van der Waals surface area contributed by atoms with Crippen LogP contribution >= 0.6 is 0 Å². The smallest absolute Gasteiger partial charge is 1.00 e. The Morgan fingerprint density at radius 3 is 1.64 bits per heavy atom. The second-order valence-corrected chi connectivity index (χ2v) is 12.6. The Morgan fingerprint density at radius 2 is 1.25 bits per heavy atom. The molecule has 5 aromatic heterocycles. The molecule has 8 aromatic rings. The fourth-order valence-electron chi connectivity index (χ4n) is 6.66. The maximum absolute atomic E-state index is 15.2. The van der Waals surface area contributed by atoms with Crippen LogP contribution < -0.4 is 45.6 Å². The van der Waals surface area contributed by atoms with Crippen molar-refractivity contribution in [1.82, 2.24) is 29.8 Å². The molecule has 1 N–H and O–H groups in total. The van der Waals surface area contributed by atoms with E-state index in [9.17, 15) is 19.1 Å². The second kappa shape index (κ2) is 19.1. The fraction of sp³-hybridized carbons (Fsp3) is 0.171. The van der Waals surface area contributed by atoms with E-state index >= 15 is 4.39 Å². The predicted octanol–water partition coefficient (Wildman–Crippen LogP) is 0.0327. The van der Waals surface area contributed by atoms with Crippen LogP contribution in [0.5, 0.6) is 0 Å². The van der Waals surface area contributed by atoms with Crippen molar-refractivity contribution in [2.24, 2.45) is 0 Å². The molecule has 1 aliphatic rings. The Bertz CT molecular complexity index is 2500. The van der Waals surface area contributed by atoms with E-state index in [4.69, 9.17) is 0 Å². The molecule has 1 fully saturated rings. The minimum atomic E-state index is -1.67. The molecule has 6 heterocycles. The summed E-state index contributed by atoms with van der Waals surface area (Å²) in [5, 5.41) is 18.6. The van der Waals surface area contributed by atoms with Gasteiger partial charge in [-0.2, -0.15) is 0 Å². The molecular weight excluding hydrogens is 848 g/mol. The van der Waals surface area contributed by atoms with Crippen LogP contribution in [0.15, 0.2) is 115 Å². The zero-order chi connectivity index (χ0) is 37.1. The number of carboxylic acid groups (broad SMARTS) is 1. The van der Waals surface area contributed by atoms with E-state index in [-0.39, 0.29) is 73.5 Å². The summed E-state index contributed by atoms with van der Waals surface area (Å²) in [4.78, 5) is 42.4. The molecular formula is C41H34Cl2F2N7O3Ru. The Morgan fingerprint density at radius 1 is 0.804 bits per heavy atom. The molecule has 1 atom stereocenters. The van der Waals surface area contributed by atoms with Gasteiger partial charge in [0.15, 0.2) is 11.2 Å². The van der Waals surface area contributed by atoms with Gasteiger partial charge >= 0.3 is 19.5 Å². The molecule has 56 heavy (non-hydrogen) atoms. The normalized spacial score (nSPS) is 13.4. The number of aryl methyl sites for hydroxylation is 1. The van der Waals surface area contributed by atoms with Gasteiger partial charge in [0.1, 0.15) is 11.5 Å². The first-order valence-corrected chi connectivity index (χ1v) is 17.2. The zero-order valence-electron chi connectivity index (χ0n) is 30.1. The van der Waals surface area contributed by atoms with Crippen molar-refractivity contribution in [1.29, 1.82) is 0 Å². The number of aromatic nitrogens is 5. The molecule has 0 aliphatic carbocycles. The summed E-state index contributed by atoms with van der Waals surface area (Å²) in [7, 11) is 0. The molecule has 9 rings (SSSR count). The molecule has 1 unspecified atom stereocenters. The maximum Gasteiger partial charge on any atom is 3.00 e. The third-order valence-electron chi connectivity index (χ3n) is 9.16. The number of fused-ring (bicyclic) bond motifs is 7. The Hall–Kier alpha value is -5.20. The number of halogens is 4. The quantitative estimate of drug-likeness (QED) is 0.193. The summed E-state index contributed by atoms with van der Waals surface area (Å²) in [6.07, 6.45) is 8.25. The molecule has 0 bridgehead atoms. The van der Waals surface area contributed by atoms with E-state index < -0.39 is 28.6 Å². The monoisotopic (exact) mass is 882 g/mol. The minimum Gasteiger partial charge on any atom is -1.00 e. The number of benzene rings is 3.